The average molecular weight is 188 g/mol. The van der Waals surface area contributed by atoms with Crippen LogP contribution >= 0.6 is 0 Å². The van der Waals surface area contributed by atoms with Crippen LogP contribution in [0.5, 0.6) is 0 Å². The van der Waals surface area contributed by atoms with Gasteiger partial charge in [-0.1, -0.05) is 13.8 Å². The van der Waals surface area contributed by atoms with E-state index in [1.54, 1.807) is 0 Å². The zero-order valence-corrected chi connectivity index (χ0v) is 9.20. The molecule has 0 N–H and O–H groups in total. The summed E-state index contributed by atoms with van der Waals surface area (Å²) in [7, 11) is 0. The molecule has 0 aromatic carbocycles. The molecule has 14 heavy (non-hydrogen) atoms. The van der Waals surface area contributed by atoms with Gasteiger partial charge in [0.05, 0.1) is 0 Å². The van der Waals surface area contributed by atoms with E-state index in [1.807, 2.05) is 6.92 Å². The number of aryl methyl sites for hydroxylation is 2. The van der Waals surface area contributed by atoms with E-state index >= 15 is 0 Å². The van der Waals surface area contributed by atoms with Gasteiger partial charge in [0.2, 0.25) is 0 Å². The molecule has 2 rings (SSSR count). The SMILES string of the molecule is Cc1cc(C)n2ccc(C(C)C)c2n1. The molecule has 0 fully saturated rings. The first-order valence-corrected chi connectivity index (χ1v) is 5.05. The van der Waals surface area contributed by atoms with E-state index in [-0.39, 0.29) is 0 Å². The van der Waals surface area contributed by atoms with Crippen molar-refractivity contribution < 1.29 is 0 Å². The van der Waals surface area contributed by atoms with Crippen LogP contribution in [0.15, 0.2) is 18.3 Å². The summed E-state index contributed by atoms with van der Waals surface area (Å²) >= 11 is 0. The molecule has 0 unspecified atom stereocenters. The Bertz CT molecular complexity index is 466. The Morgan fingerprint density at radius 1 is 1.29 bits per heavy atom. The number of rotatable bonds is 1. The van der Waals surface area contributed by atoms with E-state index in [2.05, 4.69) is 48.5 Å². The normalized spacial score (nSPS) is 11.5. The maximum atomic E-state index is 4.58. The second kappa shape index (κ2) is 3.12. The van der Waals surface area contributed by atoms with Crippen molar-refractivity contribution in [2.45, 2.75) is 33.6 Å². The monoisotopic (exact) mass is 188 g/mol. The van der Waals surface area contributed by atoms with Crippen molar-refractivity contribution in [3.8, 4) is 0 Å². The van der Waals surface area contributed by atoms with Gasteiger partial charge in [-0.05, 0) is 37.5 Å². The molecule has 0 aliphatic rings. The third-order valence-electron chi connectivity index (χ3n) is 2.59. The van der Waals surface area contributed by atoms with E-state index in [0.717, 1.165) is 11.3 Å². The molecule has 2 aromatic rings. The summed E-state index contributed by atoms with van der Waals surface area (Å²) < 4.78 is 2.16. The van der Waals surface area contributed by atoms with Crippen LogP contribution in [-0.2, 0) is 0 Å². The fourth-order valence-corrected chi connectivity index (χ4v) is 1.86. The molecule has 0 spiro atoms. The van der Waals surface area contributed by atoms with Crippen molar-refractivity contribution in [1.29, 1.82) is 0 Å². The minimum atomic E-state index is 0.536. The van der Waals surface area contributed by atoms with Crippen molar-refractivity contribution >= 4 is 5.65 Å². The summed E-state index contributed by atoms with van der Waals surface area (Å²) in [4.78, 5) is 4.58. The summed E-state index contributed by atoms with van der Waals surface area (Å²) in [6, 6.07) is 4.27. The summed E-state index contributed by atoms with van der Waals surface area (Å²) in [6.07, 6.45) is 2.10. The fourth-order valence-electron chi connectivity index (χ4n) is 1.86. The first kappa shape index (κ1) is 9.25. The third-order valence-corrected chi connectivity index (χ3v) is 2.59. The number of aromatic nitrogens is 2. The number of hydrogen-bond acceptors (Lipinski definition) is 1. The van der Waals surface area contributed by atoms with Gasteiger partial charge in [0.1, 0.15) is 5.65 Å². The summed E-state index contributed by atoms with van der Waals surface area (Å²) in [5.74, 6) is 0.536. The highest BCUT2D eigenvalue weighted by molar-refractivity contribution is 5.52. The van der Waals surface area contributed by atoms with E-state index in [0.29, 0.717) is 5.92 Å². The lowest BCUT2D eigenvalue weighted by atomic mass is 10.1. The Balaban J connectivity index is 2.78. The largest absolute Gasteiger partial charge is 0.306 e. The Kier molecular flexibility index (Phi) is 2.06. The van der Waals surface area contributed by atoms with Crippen molar-refractivity contribution in [2.24, 2.45) is 0 Å². The third kappa shape index (κ3) is 1.31. The lowest BCUT2D eigenvalue weighted by molar-refractivity contribution is 0.868. The first-order chi connectivity index (χ1) is 6.59. The Morgan fingerprint density at radius 3 is 2.64 bits per heavy atom. The van der Waals surface area contributed by atoms with Gasteiger partial charge in [0, 0.05) is 17.6 Å². The zero-order valence-electron chi connectivity index (χ0n) is 9.20. The van der Waals surface area contributed by atoms with Crippen LogP contribution in [0.3, 0.4) is 0 Å². The van der Waals surface area contributed by atoms with E-state index in [1.165, 1.54) is 11.3 Å². The van der Waals surface area contributed by atoms with Crippen molar-refractivity contribution in [2.75, 3.05) is 0 Å². The molecule has 0 radical (unpaired) electrons. The lowest BCUT2D eigenvalue weighted by Crippen LogP contribution is -1.97. The number of hydrogen-bond donors (Lipinski definition) is 0. The Labute approximate surface area is 84.6 Å². The summed E-state index contributed by atoms with van der Waals surface area (Å²) in [5, 5.41) is 0. The minimum absolute atomic E-state index is 0.536. The molecule has 0 bridgehead atoms. The smallest absolute Gasteiger partial charge is 0.140 e. The Hall–Kier alpha value is -1.31. The van der Waals surface area contributed by atoms with Gasteiger partial charge in [-0.2, -0.15) is 0 Å². The van der Waals surface area contributed by atoms with Crippen LogP contribution < -0.4 is 0 Å². The maximum absolute atomic E-state index is 4.58. The van der Waals surface area contributed by atoms with Crippen molar-refractivity contribution in [3.63, 3.8) is 0 Å². The van der Waals surface area contributed by atoms with Crippen molar-refractivity contribution in [3.05, 3.63) is 35.3 Å². The molecule has 0 saturated heterocycles. The van der Waals surface area contributed by atoms with E-state index in [9.17, 15) is 0 Å². The van der Waals surface area contributed by atoms with Crippen LogP contribution in [0.25, 0.3) is 5.65 Å². The number of nitrogens with zero attached hydrogens (tertiary/aromatic N) is 2. The predicted molar refractivity (Wildman–Crippen MR) is 58.8 cm³/mol. The van der Waals surface area contributed by atoms with Gasteiger partial charge in [0.25, 0.3) is 0 Å². The lowest BCUT2D eigenvalue weighted by Gasteiger charge is -2.05. The quantitative estimate of drug-likeness (QED) is 0.672. The maximum Gasteiger partial charge on any atom is 0.140 e. The van der Waals surface area contributed by atoms with Gasteiger partial charge in [-0.15, -0.1) is 0 Å². The first-order valence-electron chi connectivity index (χ1n) is 5.05. The molecule has 0 aliphatic carbocycles. The Morgan fingerprint density at radius 2 is 2.00 bits per heavy atom. The second-order valence-electron chi connectivity index (χ2n) is 4.16. The molecule has 0 amide bonds. The molecular formula is C12H16N2. The molecule has 74 valence electrons. The predicted octanol–water partition coefficient (Wildman–Crippen LogP) is 3.07. The highest BCUT2D eigenvalue weighted by Gasteiger charge is 2.08. The van der Waals surface area contributed by atoms with Crippen LogP contribution in [0.4, 0.5) is 0 Å². The van der Waals surface area contributed by atoms with Gasteiger partial charge in [-0.25, -0.2) is 4.98 Å². The van der Waals surface area contributed by atoms with E-state index < -0.39 is 0 Å². The highest BCUT2D eigenvalue weighted by atomic mass is 15.0. The molecule has 0 saturated carbocycles. The van der Waals surface area contributed by atoms with Gasteiger partial charge in [-0.3, -0.25) is 0 Å². The molecular weight excluding hydrogens is 172 g/mol. The van der Waals surface area contributed by atoms with Crippen LogP contribution in [0.2, 0.25) is 0 Å². The average Bonchev–Trinajstić information content (AvgIpc) is 2.47. The molecule has 2 aromatic heterocycles. The molecule has 2 nitrogen and oxygen atoms in total. The fraction of sp³-hybridized carbons (Fsp3) is 0.417. The second-order valence-corrected chi connectivity index (χ2v) is 4.16. The van der Waals surface area contributed by atoms with E-state index in [4.69, 9.17) is 0 Å². The van der Waals surface area contributed by atoms with Crippen LogP contribution in [0, 0.1) is 13.8 Å². The minimum Gasteiger partial charge on any atom is -0.306 e. The highest BCUT2D eigenvalue weighted by Crippen LogP contribution is 2.21. The van der Waals surface area contributed by atoms with Crippen LogP contribution in [-0.4, -0.2) is 9.38 Å². The zero-order chi connectivity index (χ0) is 10.3. The van der Waals surface area contributed by atoms with Gasteiger partial charge >= 0.3 is 0 Å². The molecule has 2 heterocycles. The summed E-state index contributed by atoms with van der Waals surface area (Å²) in [6.45, 7) is 8.57. The topological polar surface area (TPSA) is 17.3 Å². The van der Waals surface area contributed by atoms with Crippen molar-refractivity contribution in [1.82, 2.24) is 9.38 Å². The molecule has 0 atom stereocenters. The summed E-state index contributed by atoms with van der Waals surface area (Å²) in [5.41, 5.74) is 4.78. The molecule has 0 aliphatic heterocycles. The van der Waals surface area contributed by atoms with Gasteiger partial charge in [0.15, 0.2) is 0 Å². The standard InChI is InChI=1S/C12H16N2/c1-8(2)11-5-6-14-10(4)7-9(3)13-12(11)14/h5-8H,1-4H3. The van der Waals surface area contributed by atoms with Crippen LogP contribution in [0.1, 0.15) is 36.7 Å². The molecule has 2 heteroatoms. The number of fused-ring (bicyclic) bond motifs is 1. The van der Waals surface area contributed by atoms with Gasteiger partial charge < -0.3 is 4.40 Å².